The summed E-state index contributed by atoms with van der Waals surface area (Å²) < 4.78 is 4.98. The van der Waals surface area contributed by atoms with Gasteiger partial charge in [-0.2, -0.15) is 0 Å². The number of amides is 4. The SMILES string of the molecule is CCOC(=O)N1CCN(C(=O)Nc2nc(CC(=O)Nc3ccc(C)cc3C)cs2)CC1. The predicted molar refractivity (Wildman–Crippen MR) is 120 cm³/mol. The maximum Gasteiger partial charge on any atom is 0.409 e. The first-order valence-electron chi connectivity index (χ1n) is 10.1. The highest BCUT2D eigenvalue weighted by molar-refractivity contribution is 7.13. The molecule has 9 nitrogen and oxygen atoms in total. The van der Waals surface area contributed by atoms with E-state index in [2.05, 4.69) is 15.6 Å². The molecule has 166 valence electrons. The highest BCUT2D eigenvalue weighted by atomic mass is 32.1. The van der Waals surface area contributed by atoms with Crippen LogP contribution < -0.4 is 10.6 Å². The summed E-state index contributed by atoms with van der Waals surface area (Å²) in [5, 5.41) is 7.86. The molecule has 0 atom stereocenters. The van der Waals surface area contributed by atoms with Crippen LogP contribution in [0, 0.1) is 13.8 Å². The first-order chi connectivity index (χ1) is 14.9. The van der Waals surface area contributed by atoms with Crippen molar-refractivity contribution in [3.05, 3.63) is 40.4 Å². The van der Waals surface area contributed by atoms with E-state index in [4.69, 9.17) is 4.74 Å². The zero-order valence-corrected chi connectivity index (χ0v) is 18.8. The summed E-state index contributed by atoms with van der Waals surface area (Å²) in [5.41, 5.74) is 3.51. The molecule has 0 bridgehead atoms. The Morgan fingerprint density at radius 2 is 1.81 bits per heavy atom. The van der Waals surface area contributed by atoms with Crippen LogP contribution in [0.15, 0.2) is 23.6 Å². The number of nitrogens with one attached hydrogen (secondary N) is 2. The number of ether oxygens (including phenoxy) is 1. The highest BCUT2D eigenvalue weighted by Crippen LogP contribution is 2.19. The standard InChI is InChI=1S/C21H27N5O4S/c1-4-30-21(29)26-9-7-25(8-10-26)20(28)24-19-22-16(13-31-19)12-18(27)23-17-6-5-14(2)11-15(17)3/h5-6,11,13H,4,7-10,12H2,1-3H3,(H,23,27)(H,22,24,28). The van der Waals surface area contributed by atoms with Gasteiger partial charge in [-0.1, -0.05) is 17.7 Å². The zero-order chi connectivity index (χ0) is 22.4. The molecule has 0 saturated carbocycles. The number of piperazine rings is 1. The summed E-state index contributed by atoms with van der Waals surface area (Å²) in [4.78, 5) is 44.1. The summed E-state index contributed by atoms with van der Waals surface area (Å²) >= 11 is 1.27. The molecular weight excluding hydrogens is 418 g/mol. The van der Waals surface area contributed by atoms with Gasteiger partial charge in [0.25, 0.3) is 0 Å². The molecule has 1 saturated heterocycles. The molecule has 0 spiro atoms. The normalized spacial score (nSPS) is 13.6. The minimum Gasteiger partial charge on any atom is -0.450 e. The molecule has 1 aromatic heterocycles. The fourth-order valence-electron chi connectivity index (χ4n) is 3.24. The Bertz CT molecular complexity index is 953. The number of nitrogens with zero attached hydrogens (tertiary/aromatic N) is 3. The van der Waals surface area contributed by atoms with E-state index in [1.807, 2.05) is 32.0 Å². The molecule has 0 unspecified atom stereocenters. The molecule has 31 heavy (non-hydrogen) atoms. The predicted octanol–water partition coefficient (Wildman–Crippen LogP) is 3.25. The number of aromatic nitrogens is 1. The maximum atomic E-state index is 12.5. The second kappa shape index (κ2) is 10.3. The minimum atomic E-state index is -0.355. The van der Waals surface area contributed by atoms with Crippen LogP contribution in [-0.2, 0) is 16.0 Å². The maximum absolute atomic E-state index is 12.5. The van der Waals surface area contributed by atoms with Crippen LogP contribution in [-0.4, -0.2) is 65.6 Å². The van der Waals surface area contributed by atoms with Crippen LogP contribution in [0.4, 0.5) is 20.4 Å². The van der Waals surface area contributed by atoms with E-state index in [-0.39, 0.29) is 24.5 Å². The van der Waals surface area contributed by atoms with Crippen LogP contribution in [0.2, 0.25) is 0 Å². The van der Waals surface area contributed by atoms with Crippen LogP contribution in [0.1, 0.15) is 23.7 Å². The smallest absolute Gasteiger partial charge is 0.409 e. The lowest BCUT2D eigenvalue weighted by atomic mass is 10.1. The average Bonchev–Trinajstić information content (AvgIpc) is 3.17. The number of hydrogen-bond donors (Lipinski definition) is 2. The fraction of sp³-hybridized carbons (Fsp3) is 0.429. The lowest BCUT2D eigenvalue weighted by Crippen LogP contribution is -2.51. The van der Waals surface area contributed by atoms with E-state index < -0.39 is 0 Å². The zero-order valence-electron chi connectivity index (χ0n) is 17.9. The molecular formula is C21H27N5O4S. The molecule has 1 fully saturated rings. The Labute approximate surface area is 185 Å². The first kappa shape index (κ1) is 22.5. The second-order valence-electron chi connectivity index (χ2n) is 7.29. The van der Waals surface area contributed by atoms with Gasteiger partial charge in [-0.25, -0.2) is 14.6 Å². The van der Waals surface area contributed by atoms with Crippen molar-refractivity contribution in [3.8, 4) is 0 Å². The van der Waals surface area contributed by atoms with Crippen molar-refractivity contribution in [1.82, 2.24) is 14.8 Å². The molecule has 1 aliphatic heterocycles. The number of anilines is 2. The molecule has 0 aliphatic carbocycles. The van der Waals surface area contributed by atoms with Crippen LogP contribution >= 0.6 is 11.3 Å². The van der Waals surface area contributed by atoms with Crippen molar-refractivity contribution >= 4 is 40.2 Å². The Morgan fingerprint density at radius 3 is 2.48 bits per heavy atom. The van der Waals surface area contributed by atoms with Gasteiger partial charge in [0, 0.05) is 37.2 Å². The van der Waals surface area contributed by atoms with Gasteiger partial charge in [0.2, 0.25) is 5.91 Å². The quantitative estimate of drug-likeness (QED) is 0.735. The average molecular weight is 446 g/mol. The number of thiazole rings is 1. The number of carbonyl (C=O) groups is 3. The molecule has 1 aliphatic rings. The van der Waals surface area contributed by atoms with E-state index in [0.717, 1.165) is 16.8 Å². The van der Waals surface area contributed by atoms with Crippen molar-refractivity contribution in [1.29, 1.82) is 0 Å². The molecule has 2 aromatic rings. The summed E-state index contributed by atoms with van der Waals surface area (Å²) in [6.07, 6.45) is -0.232. The van der Waals surface area contributed by atoms with Crippen molar-refractivity contribution < 1.29 is 19.1 Å². The third kappa shape index (κ3) is 6.17. The molecule has 1 aromatic carbocycles. The van der Waals surface area contributed by atoms with Gasteiger partial charge in [0.15, 0.2) is 5.13 Å². The third-order valence-electron chi connectivity index (χ3n) is 4.86. The Morgan fingerprint density at radius 1 is 1.10 bits per heavy atom. The van der Waals surface area contributed by atoms with E-state index >= 15 is 0 Å². The Hall–Kier alpha value is -3.14. The molecule has 2 N–H and O–H groups in total. The van der Waals surface area contributed by atoms with E-state index in [0.29, 0.717) is 43.6 Å². The van der Waals surface area contributed by atoms with E-state index in [1.54, 1.807) is 22.1 Å². The number of aryl methyl sites for hydroxylation is 2. The van der Waals surface area contributed by atoms with Gasteiger partial charge in [0.05, 0.1) is 18.7 Å². The largest absolute Gasteiger partial charge is 0.450 e. The van der Waals surface area contributed by atoms with Crippen LogP contribution in [0.5, 0.6) is 0 Å². The Balaban J connectivity index is 1.48. The number of benzene rings is 1. The van der Waals surface area contributed by atoms with Gasteiger partial charge >= 0.3 is 12.1 Å². The molecule has 4 amide bonds. The van der Waals surface area contributed by atoms with Gasteiger partial charge in [-0.05, 0) is 32.4 Å². The van der Waals surface area contributed by atoms with Crippen molar-refractivity contribution in [2.75, 3.05) is 43.4 Å². The highest BCUT2D eigenvalue weighted by Gasteiger charge is 2.25. The van der Waals surface area contributed by atoms with Crippen molar-refractivity contribution in [2.24, 2.45) is 0 Å². The minimum absolute atomic E-state index is 0.123. The number of hydrogen-bond acceptors (Lipinski definition) is 6. The number of rotatable bonds is 5. The summed E-state index contributed by atoms with van der Waals surface area (Å²) in [5.74, 6) is -0.162. The summed E-state index contributed by atoms with van der Waals surface area (Å²) in [6, 6.07) is 5.57. The topological polar surface area (TPSA) is 104 Å². The second-order valence-corrected chi connectivity index (χ2v) is 8.15. The fourth-order valence-corrected chi connectivity index (χ4v) is 3.94. The number of urea groups is 1. The monoisotopic (exact) mass is 445 g/mol. The molecule has 0 radical (unpaired) electrons. The molecule has 2 heterocycles. The van der Waals surface area contributed by atoms with Gasteiger partial charge in [-0.15, -0.1) is 11.3 Å². The molecule has 10 heteroatoms. The van der Waals surface area contributed by atoms with E-state index in [9.17, 15) is 14.4 Å². The van der Waals surface area contributed by atoms with E-state index in [1.165, 1.54) is 11.3 Å². The van der Waals surface area contributed by atoms with Gasteiger partial charge < -0.3 is 19.9 Å². The summed E-state index contributed by atoms with van der Waals surface area (Å²) in [6.45, 7) is 7.73. The van der Waals surface area contributed by atoms with Crippen molar-refractivity contribution in [2.45, 2.75) is 27.2 Å². The van der Waals surface area contributed by atoms with Crippen molar-refractivity contribution in [3.63, 3.8) is 0 Å². The van der Waals surface area contributed by atoms with Crippen LogP contribution in [0.3, 0.4) is 0 Å². The van der Waals surface area contributed by atoms with Gasteiger partial charge in [-0.3, -0.25) is 10.1 Å². The van der Waals surface area contributed by atoms with Gasteiger partial charge in [0.1, 0.15) is 0 Å². The number of carbonyl (C=O) groups excluding carboxylic acids is 3. The lowest BCUT2D eigenvalue weighted by Gasteiger charge is -2.33. The Kier molecular flexibility index (Phi) is 7.45. The first-order valence-corrected chi connectivity index (χ1v) is 11.0. The summed E-state index contributed by atoms with van der Waals surface area (Å²) in [7, 11) is 0. The molecule has 3 rings (SSSR count). The third-order valence-corrected chi connectivity index (χ3v) is 5.66. The lowest BCUT2D eigenvalue weighted by molar-refractivity contribution is -0.115. The van der Waals surface area contributed by atoms with Crippen LogP contribution in [0.25, 0.3) is 0 Å².